The Morgan fingerprint density at radius 1 is 1.13 bits per heavy atom. The van der Waals surface area contributed by atoms with E-state index in [2.05, 4.69) is 25.0 Å². The number of nitrogens with one attached hydrogen (secondary N) is 2. The van der Waals surface area contributed by atoms with E-state index in [0.29, 0.717) is 70.9 Å². The van der Waals surface area contributed by atoms with E-state index in [-0.39, 0.29) is 12.6 Å². The predicted molar refractivity (Wildman–Crippen MR) is 140 cm³/mol. The van der Waals surface area contributed by atoms with Crippen LogP contribution in [0.1, 0.15) is 18.9 Å². The van der Waals surface area contributed by atoms with E-state index in [1.54, 1.807) is 47.2 Å². The van der Waals surface area contributed by atoms with Gasteiger partial charge < -0.3 is 9.64 Å². The van der Waals surface area contributed by atoms with Crippen LogP contribution in [0.4, 0.5) is 0 Å². The monoisotopic (exact) mass is 512 g/mol. The van der Waals surface area contributed by atoms with Crippen molar-refractivity contribution in [2.24, 2.45) is 0 Å². The normalized spacial score (nSPS) is 14.4. The molecule has 1 aliphatic heterocycles. The molecule has 0 saturated carbocycles. The van der Waals surface area contributed by atoms with Crippen LogP contribution in [0.3, 0.4) is 0 Å². The van der Waals surface area contributed by atoms with Crippen LogP contribution in [0.15, 0.2) is 58.8 Å². The zero-order chi connectivity index (χ0) is 26.2. The van der Waals surface area contributed by atoms with Gasteiger partial charge in [-0.3, -0.25) is 24.7 Å². The largest absolute Gasteiger partial charge is 0.377 e. The summed E-state index contributed by atoms with van der Waals surface area (Å²) < 4.78 is 8.28. The molecule has 0 spiro atoms. The number of rotatable bonds is 5. The summed E-state index contributed by atoms with van der Waals surface area (Å²) in [4.78, 5) is 48.4. The third-order valence-electron chi connectivity index (χ3n) is 6.75. The number of amidine groups is 1. The summed E-state index contributed by atoms with van der Waals surface area (Å²) in [7, 11) is 1.56. The number of pyridine rings is 2. The fourth-order valence-corrected chi connectivity index (χ4v) is 4.88. The highest BCUT2D eigenvalue weighted by atomic mass is 16.5. The van der Waals surface area contributed by atoms with Gasteiger partial charge in [-0.1, -0.05) is 0 Å². The topological polar surface area (TPSA) is 161 Å². The molecule has 1 saturated heterocycles. The summed E-state index contributed by atoms with van der Waals surface area (Å²) in [6.07, 6.45) is 9.44. The Labute approximate surface area is 215 Å². The van der Waals surface area contributed by atoms with E-state index in [9.17, 15) is 9.59 Å². The van der Waals surface area contributed by atoms with Crippen LogP contribution in [-0.4, -0.2) is 76.8 Å². The summed E-state index contributed by atoms with van der Waals surface area (Å²) >= 11 is 0. The van der Waals surface area contributed by atoms with Crippen molar-refractivity contribution in [1.29, 1.82) is 5.41 Å². The first-order valence-electron chi connectivity index (χ1n) is 12.1. The summed E-state index contributed by atoms with van der Waals surface area (Å²) in [6.45, 7) is 1.44. The van der Waals surface area contributed by atoms with Gasteiger partial charge >= 0.3 is 5.69 Å². The van der Waals surface area contributed by atoms with Gasteiger partial charge in [0.25, 0.3) is 5.56 Å². The lowest BCUT2D eigenvalue weighted by Crippen LogP contribution is -2.43. The molecule has 0 amide bonds. The maximum absolute atomic E-state index is 13.2. The maximum atomic E-state index is 13.2. The Balaban J connectivity index is 1.44. The average molecular weight is 513 g/mol. The molecule has 1 aliphatic rings. The summed E-state index contributed by atoms with van der Waals surface area (Å²) in [5, 5.41) is 12.6. The van der Waals surface area contributed by atoms with Crippen molar-refractivity contribution in [2.75, 3.05) is 26.8 Å². The van der Waals surface area contributed by atoms with Crippen molar-refractivity contribution in [3.63, 3.8) is 0 Å². The van der Waals surface area contributed by atoms with Gasteiger partial charge in [-0.05, 0) is 31.0 Å². The molecule has 192 valence electrons. The zero-order valence-electron chi connectivity index (χ0n) is 20.5. The number of likely N-dealkylation sites (tertiary alicyclic amines) is 1. The average Bonchev–Trinajstić information content (AvgIpc) is 3.48. The number of piperidine rings is 1. The number of methoxy groups -OCH3 is 1. The molecule has 6 heterocycles. The van der Waals surface area contributed by atoms with Crippen LogP contribution < -0.4 is 11.2 Å². The Kier molecular flexibility index (Phi) is 5.96. The first-order valence-corrected chi connectivity index (χ1v) is 12.1. The van der Waals surface area contributed by atoms with Gasteiger partial charge in [0.2, 0.25) is 5.95 Å². The van der Waals surface area contributed by atoms with Gasteiger partial charge in [0.05, 0.1) is 22.1 Å². The molecule has 0 atom stereocenters. The number of aromatic amines is 1. The van der Waals surface area contributed by atoms with Gasteiger partial charge in [0.15, 0.2) is 0 Å². The minimum atomic E-state index is -0.505. The highest BCUT2D eigenvalue weighted by molar-refractivity contribution is 6.01. The van der Waals surface area contributed by atoms with Crippen molar-refractivity contribution in [3.8, 4) is 17.2 Å². The first kappa shape index (κ1) is 23.6. The van der Waals surface area contributed by atoms with E-state index in [0.717, 1.165) is 0 Å². The molecule has 5 aromatic heterocycles. The lowest BCUT2D eigenvalue weighted by Gasteiger charge is -2.34. The summed E-state index contributed by atoms with van der Waals surface area (Å²) in [5.41, 5.74) is 1.73. The highest BCUT2D eigenvalue weighted by Gasteiger charge is 2.26. The molecule has 13 heteroatoms. The number of fused-ring (bicyclic) bond motifs is 3. The Bertz CT molecular complexity index is 1750. The van der Waals surface area contributed by atoms with Crippen LogP contribution >= 0.6 is 0 Å². The van der Waals surface area contributed by atoms with Gasteiger partial charge in [0, 0.05) is 62.8 Å². The molecule has 2 N–H and O–H groups in total. The van der Waals surface area contributed by atoms with Crippen LogP contribution in [0.5, 0.6) is 0 Å². The second-order valence-electron chi connectivity index (χ2n) is 9.03. The molecule has 0 radical (unpaired) electrons. The molecule has 13 nitrogen and oxygen atoms in total. The molecule has 0 aliphatic carbocycles. The molecule has 1 fully saturated rings. The number of hydrogen-bond acceptors (Lipinski definition) is 9. The van der Waals surface area contributed by atoms with E-state index in [1.165, 1.54) is 6.20 Å². The van der Waals surface area contributed by atoms with Crippen molar-refractivity contribution in [2.45, 2.75) is 18.9 Å². The standard InChI is InChI=1S/C25H24N10O3/c1-38-14-20(26)33-9-5-16(6-10-33)35-22-17(23(36)32-25(35)37)13-27-19-4-3-18(31-21(19)22)15-11-28-24(29-12-15)34-8-2-7-30-34/h2-4,7-8,11-13,16,26H,5-6,9-10,14H2,1H3,(H,32,36,37). The van der Waals surface area contributed by atoms with Crippen LogP contribution in [-0.2, 0) is 4.74 Å². The maximum Gasteiger partial charge on any atom is 0.329 e. The lowest BCUT2D eigenvalue weighted by molar-refractivity contribution is 0.210. The first-order chi connectivity index (χ1) is 18.5. The number of nitrogens with zero attached hydrogens (tertiary/aromatic N) is 8. The molecule has 0 bridgehead atoms. The second kappa shape index (κ2) is 9.59. The van der Waals surface area contributed by atoms with Crippen LogP contribution in [0, 0.1) is 5.41 Å². The Morgan fingerprint density at radius 2 is 1.92 bits per heavy atom. The molecule has 5 aromatic rings. The van der Waals surface area contributed by atoms with Crippen molar-refractivity contribution >= 4 is 27.8 Å². The smallest absolute Gasteiger partial charge is 0.329 e. The van der Waals surface area contributed by atoms with Gasteiger partial charge in [-0.25, -0.2) is 24.4 Å². The number of hydrogen-bond donors (Lipinski definition) is 2. The van der Waals surface area contributed by atoms with Crippen LogP contribution in [0.2, 0.25) is 0 Å². The van der Waals surface area contributed by atoms with E-state index in [4.69, 9.17) is 15.1 Å². The SMILES string of the molecule is COCC(=N)N1CCC(n2c(=O)[nH]c(=O)c3cnc4ccc(-c5cnc(-n6cccn6)nc5)nc4c32)CC1. The number of ether oxygens (including phenoxy) is 1. The van der Waals surface area contributed by atoms with Crippen molar-refractivity contribution in [3.05, 3.63) is 70.0 Å². The lowest BCUT2D eigenvalue weighted by atomic mass is 10.0. The Hall–Kier alpha value is -4.78. The zero-order valence-corrected chi connectivity index (χ0v) is 20.5. The fourth-order valence-electron chi connectivity index (χ4n) is 4.88. The van der Waals surface area contributed by atoms with Crippen LogP contribution in [0.25, 0.3) is 39.1 Å². The molecular weight excluding hydrogens is 488 g/mol. The predicted octanol–water partition coefficient (Wildman–Crippen LogP) is 1.54. The fraction of sp³-hybridized carbons (Fsp3) is 0.280. The third-order valence-corrected chi connectivity index (χ3v) is 6.75. The van der Waals surface area contributed by atoms with Gasteiger partial charge in [0.1, 0.15) is 18.0 Å². The van der Waals surface area contributed by atoms with E-state index < -0.39 is 11.2 Å². The minimum absolute atomic E-state index is 0.179. The third kappa shape index (κ3) is 4.12. The molecule has 0 aromatic carbocycles. The number of aromatic nitrogens is 8. The van der Waals surface area contributed by atoms with E-state index >= 15 is 0 Å². The minimum Gasteiger partial charge on any atom is -0.377 e. The highest BCUT2D eigenvalue weighted by Crippen LogP contribution is 2.28. The quantitative estimate of drug-likeness (QED) is 0.202. The molecule has 38 heavy (non-hydrogen) atoms. The molecular formula is C25H24N10O3. The van der Waals surface area contributed by atoms with Gasteiger partial charge in [-0.2, -0.15) is 5.10 Å². The molecule has 6 rings (SSSR count). The second-order valence-corrected chi connectivity index (χ2v) is 9.03. The van der Waals surface area contributed by atoms with Crippen molar-refractivity contribution in [1.82, 2.24) is 44.2 Å². The van der Waals surface area contributed by atoms with Gasteiger partial charge in [-0.15, -0.1) is 0 Å². The summed E-state index contributed by atoms with van der Waals surface area (Å²) in [5.74, 6) is 0.836. The number of H-pyrrole nitrogens is 1. The molecule has 0 unspecified atom stereocenters. The Morgan fingerprint density at radius 3 is 2.63 bits per heavy atom. The summed E-state index contributed by atoms with van der Waals surface area (Å²) in [6, 6.07) is 5.22. The van der Waals surface area contributed by atoms with Crippen molar-refractivity contribution < 1.29 is 4.74 Å². The van der Waals surface area contributed by atoms with E-state index in [1.807, 2.05) is 17.0 Å².